The molecule has 0 aliphatic heterocycles. The third-order valence-electron chi connectivity index (χ3n) is 4.20. The number of Topliss-reactive ketones (excluding diaryl/α,β-unsaturated/α-hetero) is 1. The minimum atomic E-state index is -0.336. The Kier molecular flexibility index (Phi) is 9.18. The van der Waals surface area contributed by atoms with Crippen LogP contribution in [-0.4, -0.2) is 29.9 Å². The molecule has 0 aromatic heterocycles. The molecule has 4 nitrogen and oxygen atoms in total. The predicted octanol–water partition coefficient (Wildman–Crippen LogP) is 3.17. The van der Waals surface area contributed by atoms with E-state index in [2.05, 4.69) is 31.1 Å². The Morgan fingerprint density at radius 2 is 1.76 bits per heavy atom. The Morgan fingerprint density at radius 1 is 1.19 bits per heavy atom. The van der Waals surface area contributed by atoms with E-state index in [1.54, 1.807) is 6.34 Å². The quantitative estimate of drug-likeness (QED) is 0.390. The molecule has 0 unspecified atom stereocenters. The summed E-state index contributed by atoms with van der Waals surface area (Å²) in [5, 5.41) is 13.4. The minimum Gasteiger partial charge on any atom is -0.392 e. The fourth-order valence-electron chi connectivity index (χ4n) is 2.27. The van der Waals surface area contributed by atoms with Crippen molar-refractivity contribution in [3.05, 3.63) is 11.3 Å². The van der Waals surface area contributed by atoms with Crippen molar-refractivity contribution in [1.82, 2.24) is 5.32 Å². The van der Waals surface area contributed by atoms with Crippen molar-refractivity contribution in [2.24, 2.45) is 22.7 Å². The lowest BCUT2D eigenvalue weighted by Crippen LogP contribution is -2.35. The number of carbonyl (C=O) groups is 1. The number of allylic oxidation sites excluding steroid dienone is 2. The van der Waals surface area contributed by atoms with Gasteiger partial charge in [0, 0.05) is 13.5 Å². The van der Waals surface area contributed by atoms with Gasteiger partial charge in [0.25, 0.3) is 0 Å². The molecular weight excluding hydrogens is 264 g/mol. The number of aliphatic imine (C=N–C) groups is 1. The van der Waals surface area contributed by atoms with Gasteiger partial charge in [0.05, 0.1) is 12.4 Å². The molecule has 0 fully saturated rings. The molecule has 4 heteroatoms. The van der Waals surface area contributed by atoms with E-state index in [-0.39, 0.29) is 23.7 Å². The lowest BCUT2D eigenvalue weighted by Gasteiger charge is -2.28. The molecule has 122 valence electrons. The maximum Gasteiger partial charge on any atom is 0.178 e. The van der Waals surface area contributed by atoms with E-state index in [4.69, 9.17) is 0 Å². The van der Waals surface area contributed by atoms with Crippen molar-refractivity contribution in [2.75, 3.05) is 6.54 Å². The Hall–Kier alpha value is -1.16. The van der Waals surface area contributed by atoms with Crippen molar-refractivity contribution in [1.29, 1.82) is 0 Å². The molecule has 0 aromatic rings. The average Bonchev–Trinajstić information content (AvgIpc) is 2.43. The molecule has 0 spiro atoms. The van der Waals surface area contributed by atoms with Gasteiger partial charge in [0.1, 0.15) is 5.70 Å². The molecule has 0 radical (unpaired) electrons. The van der Waals surface area contributed by atoms with Gasteiger partial charge >= 0.3 is 0 Å². The largest absolute Gasteiger partial charge is 0.392 e. The molecule has 4 atom stereocenters. The summed E-state index contributed by atoms with van der Waals surface area (Å²) in [5.41, 5.74) is 1.39. The summed E-state index contributed by atoms with van der Waals surface area (Å²) in [5.74, 6) is 0.875. The Balaban J connectivity index is 4.41. The summed E-state index contributed by atoms with van der Waals surface area (Å²) in [6.07, 6.45) is 2.29. The monoisotopic (exact) mass is 296 g/mol. The summed E-state index contributed by atoms with van der Waals surface area (Å²) in [6, 6.07) is 0. The van der Waals surface area contributed by atoms with E-state index in [9.17, 15) is 9.90 Å². The van der Waals surface area contributed by atoms with Crippen LogP contribution in [0.1, 0.15) is 54.9 Å². The number of hydrogen-bond acceptors (Lipinski definition) is 3. The fraction of sp³-hybridized carbons (Fsp3) is 0.765. The third-order valence-corrected chi connectivity index (χ3v) is 4.20. The van der Waals surface area contributed by atoms with Crippen molar-refractivity contribution < 1.29 is 9.90 Å². The number of ketones is 1. The van der Waals surface area contributed by atoms with Crippen molar-refractivity contribution in [3.8, 4) is 0 Å². The van der Waals surface area contributed by atoms with E-state index in [1.165, 1.54) is 6.92 Å². The average molecular weight is 296 g/mol. The number of nitrogens with one attached hydrogen (secondary N) is 1. The fourth-order valence-corrected chi connectivity index (χ4v) is 2.27. The second-order valence-electron chi connectivity index (χ2n) is 6.28. The molecule has 0 amide bonds. The van der Waals surface area contributed by atoms with Crippen LogP contribution in [0.2, 0.25) is 0 Å². The summed E-state index contributed by atoms with van der Waals surface area (Å²) in [6.45, 7) is 14.3. The summed E-state index contributed by atoms with van der Waals surface area (Å²) in [7, 11) is 0. The number of aliphatic hydroxyl groups excluding tert-OH is 1. The first kappa shape index (κ1) is 19.8. The second-order valence-corrected chi connectivity index (χ2v) is 6.28. The van der Waals surface area contributed by atoms with Crippen LogP contribution in [-0.2, 0) is 4.79 Å². The number of carbonyl (C=O) groups excluding carboxylic acids is 1. The Bertz CT molecular complexity index is 384. The van der Waals surface area contributed by atoms with Gasteiger partial charge in [0.2, 0.25) is 0 Å². The highest BCUT2D eigenvalue weighted by Crippen LogP contribution is 2.22. The van der Waals surface area contributed by atoms with Gasteiger partial charge in [-0.05, 0) is 37.2 Å². The molecule has 0 saturated heterocycles. The Morgan fingerprint density at radius 3 is 2.19 bits per heavy atom. The van der Waals surface area contributed by atoms with Gasteiger partial charge < -0.3 is 10.4 Å². The standard InChI is InChI=1S/C17H32N2O2/c1-8-12(4)14(6)17(21)13(5)9-18-10-19-16(11(2)3)15(7)20/h10,12-14,17,21H,8-9H2,1-7H3,(H,18,19)/t12-,13+,14-,17+/m1/s1. The van der Waals surface area contributed by atoms with Gasteiger partial charge in [0.15, 0.2) is 5.78 Å². The number of hydrogen-bond donors (Lipinski definition) is 2. The first-order valence-electron chi connectivity index (χ1n) is 7.84. The number of aliphatic hydroxyl groups is 1. The van der Waals surface area contributed by atoms with Crippen LogP contribution in [0.15, 0.2) is 16.3 Å². The van der Waals surface area contributed by atoms with E-state index in [0.29, 0.717) is 18.2 Å². The van der Waals surface area contributed by atoms with Crippen molar-refractivity contribution >= 4 is 12.1 Å². The number of rotatable bonds is 9. The molecule has 0 aliphatic carbocycles. The molecule has 0 saturated carbocycles. The van der Waals surface area contributed by atoms with Gasteiger partial charge in [-0.1, -0.05) is 34.1 Å². The van der Waals surface area contributed by atoms with Gasteiger partial charge in [-0.25, -0.2) is 4.99 Å². The SMILES string of the molecule is CC[C@@H](C)[C@@H](C)[C@@H](O)[C@@H](C)CN/C=N\C(C(C)=O)=C(C)C. The zero-order valence-electron chi connectivity index (χ0n) is 14.6. The van der Waals surface area contributed by atoms with Crippen LogP contribution < -0.4 is 5.32 Å². The third kappa shape index (κ3) is 6.89. The first-order chi connectivity index (χ1) is 9.72. The van der Waals surface area contributed by atoms with Crippen LogP contribution in [0.4, 0.5) is 0 Å². The maximum absolute atomic E-state index is 11.4. The van der Waals surface area contributed by atoms with Crippen molar-refractivity contribution in [3.63, 3.8) is 0 Å². The van der Waals surface area contributed by atoms with Crippen LogP contribution >= 0.6 is 0 Å². The lowest BCUT2D eigenvalue weighted by molar-refractivity contribution is -0.113. The van der Waals surface area contributed by atoms with E-state index < -0.39 is 0 Å². The van der Waals surface area contributed by atoms with E-state index >= 15 is 0 Å². The smallest absolute Gasteiger partial charge is 0.178 e. The van der Waals surface area contributed by atoms with E-state index in [0.717, 1.165) is 12.0 Å². The van der Waals surface area contributed by atoms with Crippen LogP contribution in [0.3, 0.4) is 0 Å². The number of nitrogens with zero attached hydrogens (tertiary/aromatic N) is 1. The van der Waals surface area contributed by atoms with Crippen molar-refractivity contribution in [2.45, 2.75) is 61.0 Å². The zero-order valence-corrected chi connectivity index (χ0v) is 14.6. The highest BCUT2D eigenvalue weighted by atomic mass is 16.3. The van der Waals surface area contributed by atoms with Gasteiger partial charge in [-0.3, -0.25) is 4.79 Å². The van der Waals surface area contributed by atoms with Crippen LogP contribution in [0.25, 0.3) is 0 Å². The predicted molar refractivity (Wildman–Crippen MR) is 89.3 cm³/mol. The van der Waals surface area contributed by atoms with Crippen LogP contribution in [0.5, 0.6) is 0 Å². The minimum absolute atomic E-state index is 0.0356. The van der Waals surface area contributed by atoms with E-state index in [1.807, 2.05) is 20.8 Å². The topological polar surface area (TPSA) is 61.7 Å². The molecule has 0 rings (SSSR count). The molecule has 21 heavy (non-hydrogen) atoms. The summed E-state index contributed by atoms with van der Waals surface area (Å²) in [4.78, 5) is 15.5. The molecular formula is C17H32N2O2. The summed E-state index contributed by atoms with van der Waals surface area (Å²) < 4.78 is 0. The molecule has 0 bridgehead atoms. The first-order valence-corrected chi connectivity index (χ1v) is 7.84. The second kappa shape index (κ2) is 9.72. The highest BCUT2D eigenvalue weighted by Gasteiger charge is 2.24. The van der Waals surface area contributed by atoms with Gasteiger partial charge in [-0.15, -0.1) is 0 Å². The normalized spacial score (nSPS) is 17.1. The molecule has 0 aromatic carbocycles. The zero-order chi connectivity index (χ0) is 16.6. The highest BCUT2D eigenvalue weighted by molar-refractivity contribution is 5.94. The molecule has 0 heterocycles. The maximum atomic E-state index is 11.4. The Labute approximate surface area is 129 Å². The lowest BCUT2D eigenvalue weighted by atomic mass is 9.83. The van der Waals surface area contributed by atoms with Gasteiger partial charge in [-0.2, -0.15) is 0 Å². The van der Waals surface area contributed by atoms with Crippen LogP contribution in [0, 0.1) is 17.8 Å². The summed E-state index contributed by atoms with van der Waals surface area (Å²) >= 11 is 0. The molecule has 2 N–H and O–H groups in total. The molecule has 0 aliphatic rings.